The molecule has 0 saturated heterocycles. The number of nitrogens with zero attached hydrogens (tertiary/aromatic N) is 1. The summed E-state index contributed by atoms with van der Waals surface area (Å²) in [6.45, 7) is 7.17. The standard InChI is InChI=1S/C29H31N3O3S/c1-4-6-17-34-24-14-9-20(10-15-24)27(33)32-29(36)30-23-12-7-21(8-13-23)28-31-25-18-22(19(3)5-2)11-16-26(25)35-28/h7-16,18-19H,4-6,17H2,1-3H3,(H2,30,32,33,36)/t19-/m1/s1. The van der Waals surface area contributed by atoms with Crippen molar-refractivity contribution in [2.45, 2.75) is 46.0 Å². The smallest absolute Gasteiger partial charge is 0.257 e. The lowest BCUT2D eigenvalue weighted by molar-refractivity contribution is 0.0977. The van der Waals surface area contributed by atoms with Gasteiger partial charge in [0.2, 0.25) is 5.89 Å². The number of amides is 1. The SMILES string of the molecule is CCCCOc1ccc(C(=O)NC(=S)Nc2ccc(-c3nc4cc([C@H](C)CC)ccc4o3)cc2)cc1. The Kier molecular flexibility index (Phi) is 8.33. The van der Waals surface area contributed by atoms with Crippen LogP contribution in [0.2, 0.25) is 0 Å². The summed E-state index contributed by atoms with van der Waals surface area (Å²) in [5.41, 5.74) is 5.00. The monoisotopic (exact) mass is 501 g/mol. The molecule has 0 aliphatic carbocycles. The fourth-order valence-corrected chi connectivity index (χ4v) is 3.89. The van der Waals surface area contributed by atoms with Crippen molar-refractivity contribution < 1.29 is 13.9 Å². The van der Waals surface area contributed by atoms with Crippen LogP contribution in [-0.4, -0.2) is 22.6 Å². The van der Waals surface area contributed by atoms with Crippen LogP contribution in [-0.2, 0) is 0 Å². The van der Waals surface area contributed by atoms with E-state index in [4.69, 9.17) is 21.4 Å². The maximum Gasteiger partial charge on any atom is 0.257 e. The van der Waals surface area contributed by atoms with E-state index in [2.05, 4.69) is 48.5 Å². The van der Waals surface area contributed by atoms with Gasteiger partial charge in [-0.15, -0.1) is 0 Å². The van der Waals surface area contributed by atoms with Gasteiger partial charge in [0, 0.05) is 16.8 Å². The van der Waals surface area contributed by atoms with Gasteiger partial charge in [-0.2, -0.15) is 0 Å². The first-order valence-corrected chi connectivity index (χ1v) is 12.7. The molecule has 0 spiro atoms. The summed E-state index contributed by atoms with van der Waals surface area (Å²) in [5.74, 6) is 1.51. The molecule has 1 amide bonds. The lowest BCUT2D eigenvalue weighted by Crippen LogP contribution is -2.34. The molecule has 1 atom stereocenters. The summed E-state index contributed by atoms with van der Waals surface area (Å²) in [6.07, 6.45) is 3.15. The Morgan fingerprint density at radius 2 is 1.81 bits per heavy atom. The topological polar surface area (TPSA) is 76.4 Å². The van der Waals surface area contributed by atoms with Gasteiger partial charge in [0.1, 0.15) is 11.3 Å². The summed E-state index contributed by atoms with van der Waals surface area (Å²) >= 11 is 5.32. The van der Waals surface area contributed by atoms with Crippen molar-refractivity contribution in [3.8, 4) is 17.2 Å². The van der Waals surface area contributed by atoms with E-state index in [1.165, 1.54) is 5.56 Å². The van der Waals surface area contributed by atoms with Gasteiger partial charge in [-0.3, -0.25) is 10.1 Å². The van der Waals surface area contributed by atoms with E-state index in [1.807, 2.05) is 30.3 Å². The number of thiocarbonyl (C=S) groups is 1. The zero-order valence-corrected chi connectivity index (χ0v) is 21.7. The number of carbonyl (C=O) groups excluding carboxylic acids is 1. The normalized spacial score (nSPS) is 11.8. The molecule has 1 aromatic heterocycles. The van der Waals surface area contributed by atoms with Crippen molar-refractivity contribution >= 4 is 40.0 Å². The quantitative estimate of drug-likeness (QED) is 0.185. The number of rotatable bonds is 9. The molecule has 186 valence electrons. The van der Waals surface area contributed by atoms with Gasteiger partial charge in [0.15, 0.2) is 10.7 Å². The highest BCUT2D eigenvalue weighted by molar-refractivity contribution is 7.80. The minimum Gasteiger partial charge on any atom is -0.494 e. The third kappa shape index (κ3) is 6.29. The molecule has 7 heteroatoms. The predicted molar refractivity (Wildman–Crippen MR) is 149 cm³/mol. The van der Waals surface area contributed by atoms with E-state index in [-0.39, 0.29) is 11.0 Å². The van der Waals surface area contributed by atoms with Crippen LogP contribution in [0.4, 0.5) is 5.69 Å². The largest absolute Gasteiger partial charge is 0.494 e. The molecule has 2 N–H and O–H groups in total. The van der Waals surface area contributed by atoms with Crippen LogP contribution >= 0.6 is 12.2 Å². The van der Waals surface area contributed by atoms with Crippen molar-refractivity contribution in [3.05, 3.63) is 77.9 Å². The molecule has 4 aromatic rings. The number of ether oxygens (including phenoxy) is 1. The average Bonchev–Trinajstić information content (AvgIpc) is 3.32. The van der Waals surface area contributed by atoms with Crippen molar-refractivity contribution in [2.75, 3.05) is 11.9 Å². The number of hydrogen-bond acceptors (Lipinski definition) is 5. The van der Waals surface area contributed by atoms with E-state index < -0.39 is 0 Å². The predicted octanol–water partition coefficient (Wildman–Crippen LogP) is 7.31. The van der Waals surface area contributed by atoms with Crippen LogP contribution in [0, 0.1) is 0 Å². The molecule has 0 aliphatic heterocycles. The average molecular weight is 502 g/mol. The maximum absolute atomic E-state index is 12.5. The summed E-state index contributed by atoms with van der Waals surface area (Å²) < 4.78 is 11.6. The highest BCUT2D eigenvalue weighted by Crippen LogP contribution is 2.28. The molecule has 0 fully saturated rings. The number of anilines is 1. The number of unbranched alkanes of at least 4 members (excludes halogenated alkanes) is 1. The molecule has 0 bridgehead atoms. The van der Waals surface area contributed by atoms with Crippen LogP contribution in [0.15, 0.2) is 71.1 Å². The first-order chi connectivity index (χ1) is 17.5. The summed E-state index contributed by atoms with van der Waals surface area (Å²) in [5, 5.41) is 5.97. The fraction of sp³-hybridized carbons (Fsp3) is 0.276. The minimum absolute atomic E-state index is 0.218. The molecule has 1 heterocycles. The third-order valence-corrected chi connectivity index (χ3v) is 6.30. The zero-order valence-electron chi connectivity index (χ0n) is 20.8. The number of nitrogens with one attached hydrogen (secondary N) is 2. The Morgan fingerprint density at radius 1 is 1.06 bits per heavy atom. The summed E-state index contributed by atoms with van der Waals surface area (Å²) in [6, 6.07) is 20.8. The molecule has 0 radical (unpaired) electrons. The van der Waals surface area contributed by atoms with Gasteiger partial charge in [-0.25, -0.2) is 4.98 Å². The molecule has 36 heavy (non-hydrogen) atoms. The van der Waals surface area contributed by atoms with Gasteiger partial charge < -0.3 is 14.5 Å². The number of oxazole rings is 1. The molecule has 0 saturated carbocycles. The molecule has 0 unspecified atom stereocenters. The Labute approximate surface area is 217 Å². The molecule has 3 aromatic carbocycles. The number of benzene rings is 3. The molecule has 4 rings (SSSR count). The van der Waals surface area contributed by atoms with E-state index in [0.717, 1.165) is 47.4 Å². The van der Waals surface area contributed by atoms with E-state index in [0.29, 0.717) is 24.0 Å². The number of aromatic nitrogens is 1. The molecule has 6 nitrogen and oxygen atoms in total. The second-order valence-electron chi connectivity index (χ2n) is 8.77. The van der Waals surface area contributed by atoms with Crippen molar-refractivity contribution in [1.82, 2.24) is 10.3 Å². The Morgan fingerprint density at radius 3 is 2.50 bits per heavy atom. The van der Waals surface area contributed by atoms with Crippen molar-refractivity contribution in [3.63, 3.8) is 0 Å². The summed E-state index contributed by atoms with van der Waals surface area (Å²) in [7, 11) is 0. The summed E-state index contributed by atoms with van der Waals surface area (Å²) in [4.78, 5) is 17.2. The van der Waals surface area contributed by atoms with E-state index >= 15 is 0 Å². The molecular formula is C29H31N3O3S. The van der Waals surface area contributed by atoms with E-state index in [1.54, 1.807) is 24.3 Å². The second kappa shape index (κ2) is 11.8. The number of carbonyl (C=O) groups is 1. The van der Waals surface area contributed by atoms with Crippen LogP contribution in [0.5, 0.6) is 5.75 Å². The first kappa shape index (κ1) is 25.4. The highest BCUT2D eigenvalue weighted by atomic mass is 32.1. The molecular weight excluding hydrogens is 470 g/mol. The van der Waals surface area contributed by atoms with Crippen molar-refractivity contribution in [2.24, 2.45) is 0 Å². The van der Waals surface area contributed by atoms with E-state index in [9.17, 15) is 4.79 Å². The maximum atomic E-state index is 12.5. The number of hydrogen-bond donors (Lipinski definition) is 2. The Hall–Kier alpha value is -3.71. The highest BCUT2D eigenvalue weighted by Gasteiger charge is 2.12. The minimum atomic E-state index is -0.285. The Balaban J connectivity index is 1.35. The first-order valence-electron chi connectivity index (χ1n) is 12.3. The van der Waals surface area contributed by atoms with Crippen LogP contribution in [0.1, 0.15) is 61.9 Å². The van der Waals surface area contributed by atoms with Crippen LogP contribution < -0.4 is 15.4 Å². The van der Waals surface area contributed by atoms with Gasteiger partial charge in [-0.1, -0.05) is 33.3 Å². The fourth-order valence-electron chi connectivity index (χ4n) is 3.68. The lowest BCUT2D eigenvalue weighted by Gasteiger charge is -2.10. The van der Waals surface area contributed by atoms with Crippen molar-refractivity contribution in [1.29, 1.82) is 0 Å². The van der Waals surface area contributed by atoms with Gasteiger partial charge in [0.25, 0.3) is 5.91 Å². The van der Waals surface area contributed by atoms with Gasteiger partial charge in [0.05, 0.1) is 6.61 Å². The van der Waals surface area contributed by atoms with Gasteiger partial charge >= 0.3 is 0 Å². The number of fused-ring (bicyclic) bond motifs is 1. The lowest BCUT2D eigenvalue weighted by atomic mass is 9.98. The van der Waals surface area contributed by atoms with Crippen LogP contribution in [0.3, 0.4) is 0 Å². The second-order valence-corrected chi connectivity index (χ2v) is 9.18. The van der Waals surface area contributed by atoms with Crippen LogP contribution in [0.25, 0.3) is 22.6 Å². The zero-order chi connectivity index (χ0) is 25.5. The third-order valence-electron chi connectivity index (χ3n) is 6.09. The van der Waals surface area contributed by atoms with Gasteiger partial charge in [-0.05, 0) is 97.2 Å². The molecule has 0 aliphatic rings. The Bertz CT molecular complexity index is 1330.